The van der Waals surface area contributed by atoms with Gasteiger partial charge in [0.05, 0.1) is 21.1 Å². The van der Waals surface area contributed by atoms with Crippen LogP contribution in [0.5, 0.6) is 0 Å². The van der Waals surface area contributed by atoms with Gasteiger partial charge in [-0.05, 0) is 18.6 Å². The molecule has 0 fully saturated rings. The lowest BCUT2D eigenvalue weighted by Gasteiger charge is -2.09. The molecule has 92 valence electrons. The van der Waals surface area contributed by atoms with Crippen molar-refractivity contribution in [2.24, 2.45) is 4.99 Å². The second kappa shape index (κ2) is 3.92. The topological polar surface area (TPSA) is 25.2 Å². The Morgan fingerprint density at radius 3 is 2.84 bits per heavy atom. The number of halogens is 2. The van der Waals surface area contributed by atoms with Crippen LogP contribution in [0.1, 0.15) is 5.56 Å². The zero-order valence-corrected chi connectivity index (χ0v) is 11.3. The summed E-state index contributed by atoms with van der Waals surface area (Å²) in [5.74, 6) is 0. The molecular formula is C15H8Cl2N2. The molecule has 0 bridgehead atoms. The third-order valence-electron chi connectivity index (χ3n) is 3.41. The lowest BCUT2D eigenvalue weighted by Crippen LogP contribution is -2.25. The van der Waals surface area contributed by atoms with Gasteiger partial charge in [0.25, 0.3) is 0 Å². The van der Waals surface area contributed by atoms with Crippen molar-refractivity contribution >= 4 is 33.9 Å². The van der Waals surface area contributed by atoms with Crippen molar-refractivity contribution in [1.82, 2.24) is 4.98 Å². The van der Waals surface area contributed by atoms with Gasteiger partial charge in [-0.15, -0.1) is 0 Å². The second-order valence-electron chi connectivity index (χ2n) is 4.53. The molecule has 2 aliphatic rings. The average Bonchev–Trinajstić information content (AvgIpc) is 2.80. The number of benzene rings is 1. The molecule has 19 heavy (non-hydrogen) atoms. The predicted molar refractivity (Wildman–Crippen MR) is 77.2 cm³/mol. The summed E-state index contributed by atoms with van der Waals surface area (Å²) in [5, 5.41) is 2.84. The highest BCUT2D eigenvalue weighted by Gasteiger charge is 2.21. The number of pyridine rings is 1. The summed E-state index contributed by atoms with van der Waals surface area (Å²) in [6.07, 6.45) is 4.61. The van der Waals surface area contributed by atoms with E-state index in [4.69, 9.17) is 23.2 Å². The van der Waals surface area contributed by atoms with Crippen LogP contribution in [0.25, 0.3) is 16.3 Å². The molecule has 0 unspecified atom stereocenters. The van der Waals surface area contributed by atoms with Gasteiger partial charge in [-0.3, -0.25) is 0 Å². The number of aromatic nitrogens is 1. The van der Waals surface area contributed by atoms with Gasteiger partial charge in [-0.1, -0.05) is 47.5 Å². The minimum Gasteiger partial charge on any atom is -0.244 e. The Labute approximate surface area is 119 Å². The van der Waals surface area contributed by atoms with Gasteiger partial charge in [0.15, 0.2) is 0 Å². The van der Waals surface area contributed by atoms with Crippen LogP contribution in [-0.2, 0) is 6.42 Å². The second-order valence-corrected chi connectivity index (χ2v) is 5.32. The number of hydrogen-bond donors (Lipinski definition) is 0. The first-order chi connectivity index (χ1) is 9.25. The lowest BCUT2D eigenvalue weighted by molar-refractivity contribution is 1.10. The minimum atomic E-state index is 0.635. The fraction of sp³-hybridized carbons (Fsp3) is 0.0667. The maximum absolute atomic E-state index is 6.49. The average molecular weight is 287 g/mol. The number of rotatable bonds is 0. The highest BCUT2D eigenvalue weighted by Crippen LogP contribution is 2.32. The minimum absolute atomic E-state index is 0.635. The van der Waals surface area contributed by atoms with Crippen molar-refractivity contribution in [3.05, 3.63) is 57.7 Å². The van der Waals surface area contributed by atoms with Crippen LogP contribution in [0, 0.1) is 0 Å². The molecule has 0 N–H and O–H groups in total. The van der Waals surface area contributed by atoms with E-state index in [9.17, 15) is 0 Å². The fourth-order valence-corrected chi connectivity index (χ4v) is 3.05. The molecule has 0 radical (unpaired) electrons. The Kier molecular flexibility index (Phi) is 2.32. The van der Waals surface area contributed by atoms with E-state index in [1.54, 1.807) is 0 Å². The maximum Gasteiger partial charge on any atom is 0.109 e. The van der Waals surface area contributed by atoms with Crippen LogP contribution in [0.3, 0.4) is 0 Å². The molecule has 1 aliphatic heterocycles. The summed E-state index contributed by atoms with van der Waals surface area (Å²) in [7, 11) is 0. The summed E-state index contributed by atoms with van der Waals surface area (Å²) in [6, 6.07) is 7.91. The summed E-state index contributed by atoms with van der Waals surface area (Å²) in [5.41, 5.74) is 3.72. The SMILES string of the molecule is ClC1=c2nc3c(c(Cl)c2CC=C1)=Nc1ccccc1-3. The third-order valence-corrected chi connectivity index (χ3v) is 4.12. The molecule has 0 saturated heterocycles. The maximum atomic E-state index is 6.49. The Hall–Kier alpha value is -1.64. The molecule has 4 heteroatoms. The number of fused-ring (bicyclic) bond motifs is 4. The molecule has 4 rings (SSSR count). The van der Waals surface area contributed by atoms with Crippen molar-refractivity contribution in [3.63, 3.8) is 0 Å². The predicted octanol–water partition coefficient (Wildman–Crippen LogP) is 3.13. The van der Waals surface area contributed by atoms with E-state index >= 15 is 0 Å². The Morgan fingerprint density at radius 1 is 1.11 bits per heavy atom. The molecule has 1 aliphatic carbocycles. The van der Waals surface area contributed by atoms with Crippen LogP contribution >= 0.6 is 23.2 Å². The molecule has 2 aromatic rings. The molecule has 0 spiro atoms. The van der Waals surface area contributed by atoms with Crippen LogP contribution in [0.4, 0.5) is 5.69 Å². The van der Waals surface area contributed by atoms with Gasteiger partial charge >= 0.3 is 0 Å². The quantitative estimate of drug-likeness (QED) is 0.623. The van der Waals surface area contributed by atoms with Gasteiger partial charge < -0.3 is 0 Å². The molecule has 2 nitrogen and oxygen atoms in total. The summed E-state index contributed by atoms with van der Waals surface area (Å²) < 4.78 is 0. The largest absolute Gasteiger partial charge is 0.244 e. The van der Waals surface area contributed by atoms with E-state index in [1.165, 1.54) is 0 Å². The van der Waals surface area contributed by atoms with E-state index < -0.39 is 0 Å². The van der Waals surface area contributed by atoms with E-state index in [0.717, 1.165) is 39.6 Å². The van der Waals surface area contributed by atoms with Gasteiger partial charge in [0.1, 0.15) is 11.1 Å². The molecule has 1 aromatic heterocycles. The van der Waals surface area contributed by atoms with Crippen molar-refractivity contribution in [1.29, 1.82) is 0 Å². The smallest absolute Gasteiger partial charge is 0.109 e. The Balaban J connectivity index is 2.18. The highest BCUT2D eigenvalue weighted by atomic mass is 35.5. The van der Waals surface area contributed by atoms with E-state index in [-0.39, 0.29) is 0 Å². The molecule has 2 heterocycles. The van der Waals surface area contributed by atoms with Crippen LogP contribution in [0.15, 0.2) is 41.4 Å². The lowest BCUT2D eigenvalue weighted by atomic mass is 10.1. The monoisotopic (exact) mass is 286 g/mol. The van der Waals surface area contributed by atoms with Gasteiger partial charge in [-0.2, -0.15) is 0 Å². The molecule has 0 amide bonds. The van der Waals surface area contributed by atoms with Crippen LogP contribution < -0.4 is 10.7 Å². The summed E-state index contributed by atoms with van der Waals surface area (Å²) in [4.78, 5) is 9.26. The van der Waals surface area contributed by atoms with Gasteiger partial charge in [0.2, 0.25) is 0 Å². The van der Waals surface area contributed by atoms with Crippen molar-refractivity contribution in [2.75, 3.05) is 0 Å². The van der Waals surface area contributed by atoms with E-state index in [0.29, 0.717) is 10.1 Å². The molecule has 0 atom stereocenters. The number of hydrogen-bond acceptors (Lipinski definition) is 2. The number of para-hydroxylation sites is 1. The first-order valence-corrected chi connectivity index (χ1v) is 6.74. The first-order valence-electron chi connectivity index (χ1n) is 5.98. The Morgan fingerprint density at radius 2 is 1.95 bits per heavy atom. The normalized spacial score (nSPS) is 14.7. The van der Waals surface area contributed by atoms with Gasteiger partial charge in [0, 0.05) is 11.1 Å². The van der Waals surface area contributed by atoms with Crippen LogP contribution in [-0.4, -0.2) is 4.98 Å². The number of allylic oxidation sites excluding steroid dienone is 2. The summed E-state index contributed by atoms with van der Waals surface area (Å²) >= 11 is 12.7. The Bertz CT molecular complexity index is 866. The third kappa shape index (κ3) is 1.50. The highest BCUT2D eigenvalue weighted by molar-refractivity contribution is 6.47. The van der Waals surface area contributed by atoms with Crippen molar-refractivity contribution in [3.8, 4) is 11.3 Å². The van der Waals surface area contributed by atoms with E-state index in [1.807, 2.05) is 36.4 Å². The van der Waals surface area contributed by atoms with Crippen LogP contribution in [0.2, 0.25) is 5.02 Å². The summed E-state index contributed by atoms with van der Waals surface area (Å²) in [6.45, 7) is 0. The fourth-order valence-electron chi connectivity index (χ4n) is 2.51. The zero-order chi connectivity index (χ0) is 13.0. The van der Waals surface area contributed by atoms with Crippen molar-refractivity contribution < 1.29 is 0 Å². The number of nitrogens with zero attached hydrogens (tertiary/aromatic N) is 2. The molecule has 0 saturated carbocycles. The van der Waals surface area contributed by atoms with E-state index in [2.05, 4.69) is 9.98 Å². The standard InChI is InChI=1S/C15H8Cl2N2/c16-10-6-3-5-9-12(17)15-14(19-13(9)10)8-4-1-2-7-11(8)18-15/h1-4,6-7H,5H2. The van der Waals surface area contributed by atoms with Crippen molar-refractivity contribution in [2.45, 2.75) is 6.42 Å². The zero-order valence-electron chi connectivity index (χ0n) is 9.82. The van der Waals surface area contributed by atoms with Gasteiger partial charge in [-0.25, -0.2) is 9.98 Å². The molecular weight excluding hydrogens is 279 g/mol. The molecule has 1 aromatic carbocycles. The first kappa shape index (κ1) is 11.2.